The molecule has 0 aliphatic carbocycles. The average molecular weight is 913 g/mol. The maximum absolute atomic E-state index is 11.9. The fourth-order valence-corrected chi connectivity index (χ4v) is 8.63. The summed E-state index contributed by atoms with van der Waals surface area (Å²) in [5, 5.41) is 28.3. The lowest BCUT2D eigenvalue weighted by Crippen LogP contribution is -2.38. The number of methoxy groups -OCH3 is 1. The minimum absolute atomic E-state index is 0.265. The molecule has 2 aliphatic heterocycles. The number of ether oxygens (including phenoxy) is 5. The third-order valence-corrected chi connectivity index (χ3v) is 12.1. The van der Waals surface area contributed by atoms with Crippen molar-refractivity contribution in [2.75, 3.05) is 39.9 Å². The third kappa shape index (κ3) is 10.6. The van der Waals surface area contributed by atoms with Gasteiger partial charge in [-0.25, -0.2) is 9.78 Å². The number of fused-ring (bicyclic) bond motifs is 4. The minimum Gasteiger partial charge on any atom is -0.492 e. The number of carbonyl (C=O) groups is 1. The van der Waals surface area contributed by atoms with Gasteiger partial charge in [0.25, 0.3) is 0 Å². The highest BCUT2D eigenvalue weighted by atomic mass is 16.8. The van der Waals surface area contributed by atoms with Gasteiger partial charge >= 0.3 is 6.16 Å². The number of pyridine rings is 2. The zero-order chi connectivity index (χ0) is 47.2. The molecule has 2 aliphatic rings. The Kier molecular flexibility index (Phi) is 13.3. The number of nitrogens with zero attached hydrogens (tertiary/aromatic N) is 5. The number of hydrogen-bond donors (Lipinski definition) is 3. The van der Waals surface area contributed by atoms with E-state index in [1.54, 1.807) is 63.4 Å². The van der Waals surface area contributed by atoms with Crippen LogP contribution in [-0.4, -0.2) is 76.7 Å². The predicted molar refractivity (Wildman–Crippen MR) is 258 cm³/mol. The monoisotopic (exact) mass is 912 g/mol. The molecule has 6 heterocycles. The van der Waals surface area contributed by atoms with Gasteiger partial charge in [0.15, 0.2) is 0 Å². The molecule has 4 aromatic heterocycles. The summed E-state index contributed by atoms with van der Waals surface area (Å²) >= 11 is 0. The van der Waals surface area contributed by atoms with Crippen molar-refractivity contribution in [3.05, 3.63) is 120 Å². The van der Waals surface area contributed by atoms with Crippen molar-refractivity contribution in [2.45, 2.75) is 58.0 Å². The van der Waals surface area contributed by atoms with E-state index in [0.717, 1.165) is 88.2 Å². The molecule has 0 unspecified atom stereocenters. The van der Waals surface area contributed by atoms with Gasteiger partial charge in [-0.15, -0.1) is 5.06 Å². The summed E-state index contributed by atoms with van der Waals surface area (Å²) in [7, 11) is 1.60. The summed E-state index contributed by atoms with van der Waals surface area (Å²) in [6, 6.07) is 31.4. The number of benzene rings is 4. The Morgan fingerprint density at radius 2 is 1.40 bits per heavy atom. The molecule has 10 rings (SSSR count). The van der Waals surface area contributed by atoms with Gasteiger partial charge in [0.05, 0.1) is 41.9 Å². The van der Waals surface area contributed by atoms with Crippen molar-refractivity contribution in [2.24, 2.45) is 5.92 Å². The first kappa shape index (κ1) is 45.3. The van der Waals surface area contributed by atoms with Crippen LogP contribution < -0.4 is 24.3 Å². The van der Waals surface area contributed by atoms with E-state index in [1.165, 1.54) is 0 Å². The number of aromatic amines is 2. The highest BCUT2D eigenvalue weighted by Gasteiger charge is 2.26. The van der Waals surface area contributed by atoms with E-state index in [4.69, 9.17) is 28.5 Å². The maximum atomic E-state index is 11.9. The third-order valence-electron chi connectivity index (χ3n) is 12.1. The van der Waals surface area contributed by atoms with Crippen molar-refractivity contribution in [3.63, 3.8) is 0 Å². The molecular weight excluding hydrogens is 861 g/mol. The molecule has 0 saturated carbocycles. The normalized spacial score (nSPS) is 14.7. The lowest BCUT2D eigenvalue weighted by molar-refractivity contribution is -0.156. The van der Waals surface area contributed by atoms with Gasteiger partial charge in [0.1, 0.15) is 40.4 Å². The lowest BCUT2D eigenvalue weighted by atomic mass is 9.86. The molecule has 8 aromatic rings. The number of H-pyrrole nitrogens is 2. The Morgan fingerprint density at radius 3 is 2.04 bits per heavy atom. The van der Waals surface area contributed by atoms with Crippen LogP contribution in [0, 0.1) is 28.6 Å². The van der Waals surface area contributed by atoms with E-state index < -0.39 is 11.8 Å². The second-order valence-corrected chi connectivity index (χ2v) is 17.9. The van der Waals surface area contributed by atoms with Gasteiger partial charge in [-0.05, 0) is 150 Å². The number of hydrogen-bond acceptors (Lipinski definition) is 13. The molecule has 3 N–H and O–H groups in total. The summed E-state index contributed by atoms with van der Waals surface area (Å²) < 4.78 is 29.2. The molecule has 68 heavy (non-hydrogen) atoms. The van der Waals surface area contributed by atoms with E-state index in [2.05, 4.69) is 37.4 Å². The molecule has 0 amide bonds. The highest BCUT2D eigenvalue weighted by molar-refractivity contribution is 5.90. The van der Waals surface area contributed by atoms with Crippen LogP contribution in [0.1, 0.15) is 69.1 Å². The second kappa shape index (κ2) is 19.9. The SMILES string of the molecule is CC(C)(C)OC(=O)ON1CCC(COc2cc3nccc(Oc4ccc5[nH]ccc5c4)c3cc2C#N)CC1.COc1cc(Oc2ccc3[nH]ccc3c2)c2cc(C#N)c(C3CCNCC3)cc2n1. The van der Waals surface area contributed by atoms with Crippen LogP contribution in [-0.2, 0) is 9.57 Å². The van der Waals surface area contributed by atoms with Crippen molar-refractivity contribution < 1.29 is 33.3 Å². The molecular formula is C53H52N8O7. The number of piperidine rings is 2. The Balaban J connectivity index is 0.000000174. The zero-order valence-electron chi connectivity index (χ0n) is 38.4. The van der Waals surface area contributed by atoms with Gasteiger partial charge in [0, 0.05) is 76.4 Å². The average Bonchev–Trinajstić information content (AvgIpc) is 4.03. The van der Waals surface area contributed by atoms with Gasteiger partial charge in [0.2, 0.25) is 5.88 Å². The van der Waals surface area contributed by atoms with Crippen LogP contribution in [0.4, 0.5) is 4.79 Å². The van der Waals surface area contributed by atoms with Gasteiger partial charge in [-0.1, -0.05) is 0 Å². The number of nitriles is 2. The second-order valence-electron chi connectivity index (χ2n) is 17.9. The van der Waals surface area contributed by atoms with E-state index in [9.17, 15) is 15.3 Å². The number of hydroxylamine groups is 2. The van der Waals surface area contributed by atoms with E-state index in [0.29, 0.717) is 71.1 Å². The lowest BCUT2D eigenvalue weighted by Gasteiger charge is -2.31. The molecule has 0 atom stereocenters. The first-order chi connectivity index (χ1) is 33.0. The van der Waals surface area contributed by atoms with Crippen LogP contribution in [0.5, 0.6) is 34.6 Å². The Labute approximate surface area is 393 Å². The molecule has 2 fully saturated rings. The first-order valence-electron chi connectivity index (χ1n) is 22.8. The quantitative estimate of drug-likeness (QED) is 0.110. The number of nitrogens with one attached hydrogen (secondary N) is 3. The molecule has 15 heteroatoms. The number of rotatable bonds is 10. The smallest absolute Gasteiger partial charge is 0.492 e. The van der Waals surface area contributed by atoms with Crippen LogP contribution >= 0.6 is 0 Å². The fraction of sp³-hybridized carbons (Fsp3) is 0.302. The van der Waals surface area contributed by atoms with E-state index in [1.807, 2.05) is 73.1 Å². The highest BCUT2D eigenvalue weighted by Crippen LogP contribution is 2.38. The van der Waals surface area contributed by atoms with Gasteiger partial charge in [-0.2, -0.15) is 10.5 Å². The molecule has 0 bridgehead atoms. The zero-order valence-corrected chi connectivity index (χ0v) is 38.4. The first-order valence-corrected chi connectivity index (χ1v) is 22.8. The Morgan fingerprint density at radius 1 is 0.750 bits per heavy atom. The van der Waals surface area contributed by atoms with Crippen LogP contribution in [0.2, 0.25) is 0 Å². The summed E-state index contributed by atoms with van der Waals surface area (Å²) in [6.07, 6.45) is 8.40. The predicted octanol–water partition coefficient (Wildman–Crippen LogP) is 11.2. The van der Waals surface area contributed by atoms with Crippen LogP contribution in [0.3, 0.4) is 0 Å². The van der Waals surface area contributed by atoms with Crippen molar-refractivity contribution in [3.8, 4) is 46.8 Å². The molecule has 2 saturated heterocycles. The fourth-order valence-electron chi connectivity index (χ4n) is 8.63. The van der Waals surface area contributed by atoms with Crippen molar-refractivity contribution >= 4 is 49.8 Å². The van der Waals surface area contributed by atoms with Crippen molar-refractivity contribution in [1.29, 1.82) is 10.5 Å². The largest absolute Gasteiger partial charge is 0.528 e. The maximum Gasteiger partial charge on any atom is 0.528 e. The Hall–Kier alpha value is -7.85. The summed E-state index contributed by atoms with van der Waals surface area (Å²) in [5.41, 5.74) is 5.12. The summed E-state index contributed by atoms with van der Waals surface area (Å²) in [6.45, 7) is 8.96. The topological polar surface area (TPSA) is 193 Å². The number of aromatic nitrogens is 4. The molecule has 0 spiro atoms. The summed E-state index contributed by atoms with van der Waals surface area (Å²) in [5.74, 6) is 4.26. The van der Waals surface area contributed by atoms with Crippen molar-refractivity contribution in [1.82, 2.24) is 30.3 Å². The minimum atomic E-state index is -0.692. The molecule has 0 radical (unpaired) electrons. The number of carbonyl (C=O) groups excluding carboxylic acids is 1. The summed E-state index contributed by atoms with van der Waals surface area (Å²) in [4.78, 5) is 32.7. The molecule has 15 nitrogen and oxygen atoms in total. The van der Waals surface area contributed by atoms with E-state index >= 15 is 0 Å². The Bertz CT molecular complexity index is 3180. The van der Waals surface area contributed by atoms with Crippen LogP contribution in [0.25, 0.3) is 43.6 Å². The van der Waals surface area contributed by atoms with Gasteiger partial charge in [-0.3, -0.25) is 4.98 Å². The van der Waals surface area contributed by atoms with E-state index in [-0.39, 0.29) is 5.92 Å². The molecule has 346 valence electrons. The van der Waals surface area contributed by atoms with Crippen LogP contribution in [0.15, 0.2) is 104 Å². The molecule has 4 aromatic carbocycles. The van der Waals surface area contributed by atoms with Gasteiger partial charge < -0.3 is 43.8 Å². The standard InChI is InChI=1S/C29H30N4O5.C24H22N4O2/c1-29(2,3)37-28(34)38-33-12-8-19(9-13-33)18-35-27-16-25-23(15-21(27)17-30)26(7-11-32-25)36-22-4-5-24-20(14-22)6-10-31-24;1-29-24-13-23(30-18-2-3-21-16(10-18)6-9-27-21)20-11-17(14-25)19(12-22(20)28-24)15-4-7-26-8-5-15/h4-7,10-11,14-16,19,31H,8-9,12-13,18H2,1-3H3;2-3,6,9-13,15,26-27H,4-5,7-8H2,1H3.